The predicted octanol–water partition coefficient (Wildman–Crippen LogP) is -0.505. The van der Waals surface area contributed by atoms with Gasteiger partial charge in [-0.1, -0.05) is 0 Å². The van der Waals surface area contributed by atoms with Crippen LogP contribution in [0.25, 0.3) is 0 Å². The molecule has 6 nitrogen and oxygen atoms in total. The molecule has 1 unspecified atom stereocenters. The Hall–Kier alpha value is -0.210. The van der Waals surface area contributed by atoms with E-state index in [1.807, 2.05) is 0 Å². The van der Waals surface area contributed by atoms with Crippen LogP contribution in [-0.4, -0.2) is 69.9 Å². The second-order valence-electron chi connectivity index (χ2n) is 5.09. The van der Waals surface area contributed by atoms with Crippen molar-refractivity contribution in [3.63, 3.8) is 0 Å². The Morgan fingerprint density at radius 2 is 2.00 bits per heavy atom. The lowest BCUT2D eigenvalue weighted by molar-refractivity contribution is 0.00787. The minimum atomic E-state index is -3.03. The van der Waals surface area contributed by atoms with Gasteiger partial charge in [-0.15, -0.1) is 0 Å². The topological polar surface area (TPSA) is 61.9 Å². The van der Waals surface area contributed by atoms with Crippen LogP contribution in [0.15, 0.2) is 0 Å². The summed E-state index contributed by atoms with van der Waals surface area (Å²) in [5.41, 5.74) is 3.40. The monoisotopic (exact) mass is 277 g/mol. The van der Waals surface area contributed by atoms with Crippen LogP contribution < -0.4 is 5.43 Å². The molecule has 0 bridgehead atoms. The molecular formula is C11H23N3O3S. The SMILES string of the molecule is CS(=O)(=O)N1CCCC(CNN2CCOCC2)C1. The summed E-state index contributed by atoms with van der Waals surface area (Å²) in [6.45, 7) is 5.53. The van der Waals surface area contributed by atoms with Crippen molar-refractivity contribution in [2.45, 2.75) is 12.8 Å². The molecule has 2 saturated heterocycles. The van der Waals surface area contributed by atoms with Gasteiger partial charge in [-0.2, -0.15) is 0 Å². The molecule has 2 aliphatic heterocycles. The van der Waals surface area contributed by atoms with E-state index in [2.05, 4.69) is 10.4 Å². The molecule has 0 aromatic heterocycles. The Balaban J connectivity index is 1.75. The molecule has 0 aromatic carbocycles. The average Bonchev–Trinajstić information content (AvgIpc) is 2.37. The molecular weight excluding hydrogens is 254 g/mol. The first-order valence-electron chi connectivity index (χ1n) is 6.57. The van der Waals surface area contributed by atoms with Crippen molar-refractivity contribution in [2.24, 2.45) is 5.92 Å². The molecule has 106 valence electrons. The highest BCUT2D eigenvalue weighted by atomic mass is 32.2. The van der Waals surface area contributed by atoms with Crippen molar-refractivity contribution in [1.82, 2.24) is 14.7 Å². The van der Waals surface area contributed by atoms with Gasteiger partial charge in [-0.3, -0.25) is 5.43 Å². The zero-order chi connectivity index (χ0) is 13.0. The van der Waals surface area contributed by atoms with Crippen molar-refractivity contribution in [2.75, 3.05) is 52.2 Å². The first kappa shape index (κ1) is 14.2. The van der Waals surface area contributed by atoms with E-state index in [0.29, 0.717) is 19.0 Å². The molecule has 2 fully saturated rings. The molecule has 0 aliphatic carbocycles. The number of hydrogen-bond donors (Lipinski definition) is 1. The fraction of sp³-hybridized carbons (Fsp3) is 1.00. The minimum absolute atomic E-state index is 0.413. The van der Waals surface area contributed by atoms with Crippen molar-refractivity contribution in [1.29, 1.82) is 0 Å². The molecule has 1 atom stereocenters. The zero-order valence-electron chi connectivity index (χ0n) is 11.0. The number of morpholine rings is 1. The smallest absolute Gasteiger partial charge is 0.211 e. The van der Waals surface area contributed by atoms with Crippen LogP contribution in [0.1, 0.15) is 12.8 Å². The van der Waals surface area contributed by atoms with Gasteiger partial charge in [0.05, 0.1) is 19.5 Å². The number of piperidine rings is 1. The van der Waals surface area contributed by atoms with Crippen LogP contribution >= 0.6 is 0 Å². The summed E-state index contributed by atoms with van der Waals surface area (Å²) >= 11 is 0. The zero-order valence-corrected chi connectivity index (χ0v) is 11.8. The third kappa shape index (κ3) is 4.17. The van der Waals surface area contributed by atoms with E-state index in [9.17, 15) is 8.42 Å². The molecule has 0 saturated carbocycles. The number of nitrogens with zero attached hydrogens (tertiary/aromatic N) is 2. The molecule has 7 heteroatoms. The van der Waals surface area contributed by atoms with E-state index in [-0.39, 0.29) is 0 Å². The molecule has 18 heavy (non-hydrogen) atoms. The number of sulfonamides is 1. The minimum Gasteiger partial charge on any atom is -0.379 e. The van der Waals surface area contributed by atoms with Gasteiger partial charge < -0.3 is 4.74 Å². The average molecular weight is 277 g/mol. The number of ether oxygens (including phenoxy) is 1. The fourth-order valence-corrected chi connectivity index (χ4v) is 3.42. The third-order valence-electron chi connectivity index (χ3n) is 3.57. The van der Waals surface area contributed by atoms with Gasteiger partial charge in [0.1, 0.15) is 0 Å². The lowest BCUT2D eigenvalue weighted by atomic mass is 10.00. The van der Waals surface area contributed by atoms with Gasteiger partial charge in [0, 0.05) is 32.7 Å². The van der Waals surface area contributed by atoms with Gasteiger partial charge in [-0.05, 0) is 18.8 Å². The maximum Gasteiger partial charge on any atom is 0.211 e. The van der Waals surface area contributed by atoms with E-state index in [4.69, 9.17) is 4.74 Å². The summed E-state index contributed by atoms with van der Waals surface area (Å²) in [7, 11) is -3.03. The molecule has 1 N–H and O–H groups in total. The predicted molar refractivity (Wildman–Crippen MR) is 69.5 cm³/mol. The Morgan fingerprint density at radius 3 is 2.67 bits per heavy atom. The number of hydrazine groups is 1. The van der Waals surface area contributed by atoms with Gasteiger partial charge in [-0.25, -0.2) is 17.7 Å². The number of hydrogen-bond acceptors (Lipinski definition) is 5. The van der Waals surface area contributed by atoms with Crippen LogP contribution in [-0.2, 0) is 14.8 Å². The molecule has 2 heterocycles. The summed E-state index contributed by atoms with van der Waals surface area (Å²) in [5, 5.41) is 2.17. The second kappa shape index (κ2) is 6.29. The largest absolute Gasteiger partial charge is 0.379 e. The van der Waals surface area contributed by atoms with Gasteiger partial charge in [0.2, 0.25) is 10.0 Å². The molecule has 0 aromatic rings. The molecule has 0 amide bonds. The van der Waals surface area contributed by atoms with E-state index in [0.717, 1.165) is 45.7 Å². The van der Waals surface area contributed by atoms with Crippen LogP contribution in [0.5, 0.6) is 0 Å². The first-order valence-corrected chi connectivity index (χ1v) is 8.42. The first-order chi connectivity index (χ1) is 8.55. The van der Waals surface area contributed by atoms with E-state index >= 15 is 0 Å². The summed E-state index contributed by atoms with van der Waals surface area (Å²) in [5.74, 6) is 0.413. The lowest BCUT2D eigenvalue weighted by Gasteiger charge is -2.33. The summed E-state index contributed by atoms with van der Waals surface area (Å²) < 4.78 is 29.9. The van der Waals surface area contributed by atoms with E-state index < -0.39 is 10.0 Å². The van der Waals surface area contributed by atoms with E-state index in [1.54, 1.807) is 4.31 Å². The van der Waals surface area contributed by atoms with Crippen molar-refractivity contribution >= 4 is 10.0 Å². The lowest BCUT2D eigenvalue weighted by Crippen LogP contribution is -2.49. The quantitative estimate of drug-likeness (QED) is 0.750. The maximum absolute atomic E-state index is 11.5. The van der Waals surface area contributed by atoms with Crippen LogP contribution in [0.3, 0.4) is 0 Å². The van der Waals surface area contributed by atoms with Crippen LogP contribution in [0, 0.1) is 5.92 Å². The summed E-state index contributed by atoms with van der Waals surface area (Å²) in [6.07, 6.45) is 3.36. The fourth-order valence-electron chi connectivity index (χ4n) is 2.47. The van der Waals surface area contributed by atoms with Gasteiger partial charge in [0.15, 0.2) is 0 Å². The normalized spacial score (nSPS) is 28.4. The molecule has 0 spiro atoms. The van der Waals surface area contributed by atoms with Crippen LogP contribution in [0.4, 0.5) is 0 Å². The van der Waals surface area contributed by atoms with Crippen molar-refractivity contribution < 1.29 is 13.2 Å². The summed E-state index contributed by atoms with van der Waals surface area (Å²) in [6, 6.07) is 0. The van der Waals surface area contributed by atoms with Crippen LogP contribution in [0.2, 0.25) is 0 Å². The Kier molecular flexibility index (Phi) is 4.97. The number of nitrogens with one attached hydrogen (secondary N) is 1. The molecule has 0 radical (unpaired) electrons. The highest BCUT2D eigenvalue weighted by molar-refractivity contribution is 7.88. The van der Waals surface area contributed by atoms with Gasteiger partial charge in [0.25, 0.3) is 0 Å². The van der Waals surface area contributed by atoms with Crippen molar-refractivity contribution in [3.05, 3.63) is 0 Å². The Morgan fingerprint density at radius 1 is 1.28 bits per heavy atom. The van der Waals surface area contributed by atoms with Crippen molar-refractivity contribution in [3.8, 4) is 0 Å². The van der Waals surface area contributed by atoms with Gasteiger partial charge >= 0.3 is 0 Å². The molecule has 2 rings (SSSR count). The maximum atomic E-state index is 11.5. The second-order valence-corrected chi connectivity index (χ2v) is 7.07. The third-order valence-corrected chi connectivity index (χ3v) is 4.84. The highest BCUT2D eigenvalue weighted by Gasteiger charge is 2.26. The Bertz CT molecular complexity index is 355. The Labute approximate surface area is 109 Å². The highest BCUT2D eigenvalue weighted by Crippen LogP contribution is 2.18. The standard InChI is InChI=1S/C11H23N3O3S/c1-18(15,16)14-4-2-3-11(10-14)9-12-13-5-7-17-8-6-13/h11-12H,2-10H2,1H3. The van der Waals surface area contributed by atoms with E-state index in [1.165, 1.54) is 6.26 Å². The molecule has 2 aliphatic rings. The summed E-state index contributed by atoms with van der Waals surface area (Å²) in [4.78, 5) is 0. The number of rotatable bonds is 4.